The molecule has 5 nitrogen and oxygen atoms in total. The summed E-state index contributed by atoms with van der Waals surface area (Å²) >= 11 is 1.45. The lowest BCUT2D eigenvalue weighted by molar-refractivity contribution is -0.134. The maximum Gasteiger partial charge on any atom is 0.264 e. The Bertz CT molecular complexity index is 537. The molecular weight excluding hydrogens is 334 g/mol. The monoisotopic (exact) mass is 357 g/mol. The summed E-state index contributed by atoms with van der Waals surface area (Å²) < 4.78 is 0. The first-order chi connectivity index (χ1) is 10.7. The van der Waals surface area contributed by atoms with Gasteiger partial charge < -0.3 is 15.1 Å². The van der Waals surface area contributed by atoms with E-state index in [4.69, 9.17) is 0 Å². The number of nitrogens with one attached hydrogen (secondary N) is 1. The summed E-state index contributed by atoms with van der Waals surface area (Å²) in [6, 6.07) is 3.46. The minimum atomic E-state index is -0.261. The molecule has 1 aromatic rings. The molecule has 0 aromatic carbocycles. The van der Waals surface area contributed by atoms with Gasteiger partial charge in [-0.15, -0.1) is 23.7 Å². The summed E-state index contributed by atoms with van der Waals surface area (Å²) in [4.78, 5) is 29.8. The quantitative estimate of drug-likeness (QED) is 0.894. The van der Waals surface area contributed by atoms with Crippen molar-refractivity contribution in [1.82, 2.24) is 15.1 Å². The summed E-state index contributed by atoms with van der Waals surface area (Å²) in [6.45, 7) is 3.28. The molecule has 3 heterocycles. The van der Waals surface area contributed by atoms with Crippen LogP contribution in [0.15, 0.2) is 17.5 Å². The van der Waals surface area contributed by atoms with Crippen LogP contribution in [-0.4, -0.2) is 60.9 Å². The first kappa shape index (κ1) is 18.2. The number of amides is 2. The van der Waals surface area contributed by atoms with E-state index in [0.29, 0.717) is 12.5 Å². The molecule has 0 aliphatic carbocycles. The Labute approximate surface area is 147 Å². The molecule has 2 aliphatic heterocycles. The van der Waals surface area contributed by atoms with Crippen molar-refractivity contribution in [3.63, 3.8) is 0 Å². The second kappa shape index (κ2) is 8.13. The zero-order valence-electron chi connectivity index (χ0n) is 13.4. The lowest BCUT2D eigenvalue weighted by Gasteiger charge is -2.27. The molecule has 2 atom stereocenters. The number of rotatable bonds is 4. The highest BCUT2D eigenvalue weighted by molar-refractivity contribution is 7.12. The molecule has 0 spiro atoms. The smallest absolute Gasteiger partial charge is 0.264 e. The molecule has 23 heavy (non-hydrogen) atoms. The van der Waals surface area contributed by atoms with E-state index in [2.05, 4.69) is 5.32 Å². The third-order valence-electron chi connectivity index (χ3n) is 4.62. The van der Waals surface area contributed by atoms with Crippen LogP contribution in [0.5, 0.6) is 0 Å². The minimum Gasteiger partial charge on any atom is -0.341 e. The highest BCUT2D eigenvalue weighted by Gasteiger charge is 2.38. The summed E-state index contributed by atoms with van der Waals surface area (Å²) in [7, 11) is 1.95. The van der Waals surface area contributed by atoms with Crippen molar-refractivity contribution in [2.75, 3.05) is 33.2 Å². The molecule has 128 valence electrons. The third-order valence-corrected chi connectivity index (χ3v) is 5.48. The lowest BCUT2D eigenvalue weighted by atomic mass is 10.1. The second-order valence-corrected chi connectivity index (χ2v) is 7.08. The molecule has 3 rings (SSSR count). The van der Waals surface area contributed by atoms with E-state index < -0.39 is 0 Å². The van der Waals surface area contributed by atoms with Crippen molar-refractivity contribution >= 4 is 35.6 Å². The van der Waals surface area contributed by atoms with E-state index in [9.17, 15) is 9.59 Å². The Balaban J connectivity index is 0.00000192. The van der Waals surface area contributed by atoms with Crippen LogP contribution in [-0.2, 0) is 4.79 Å². The van der Waals surface area contributed by atoms with Gasteiger partial charge in [0.05, 0.1) is 4.88 Å². The average Bonchev–Trinajstić information content (AvgIpc) is 3.26. The van der Waals surface area contributed by atoms with Gasteiger partial charge in [-0.25, -0.2) is 0 Å². The number of hydrogen-bond donors (Lipinski definition) is 1. The van der Waals surface area contributed by atoms with Crippen LogP contribution in [0.3, 0.4) is 0 Å². The van der Waals surface area contributed by atoms with Crippen LogP contribution in [0.4, 0.5) is 0 Å². The molecule has 0 radical (unpaired) electrons. The third kappa shape index (κ3) is 3.87. The fourth-order valence-electron chi connectivity index (χ4n) is 3.51. The van der Waals surface area contributed by atoms with E-state index in [-0.39, 0.29) is 30.3 Å². The molecule has 0 bridgehead atoms. The van der Waals surface area contributed by atoms with Crippen LogP contribution in [0.25, 0.3) is 0 Å². The molecule has 2 aliphatic rings. The maximum atomic E-state index is 12.8. The predicted molar refractivity (Wildman–Crippen MR) is 94.2 cm³/mol. The molecule has 2 unspecified atom stereocenters. The molecule has 2 fully saturated rings. The summed E-state index contributed by atoms with van der Waals surface area (Å²) in [6.07, 6.45) is 2.77. The van der Waals surface area contributed by atoms with Crippen molar-refractivity contribution in [2.45, 2.75) is 25.3 Å². The van der Waals surface area contributed by atoms with E-state index in [1.165, 1.54) is 11.3 Å². The highest BCUT2D eigenvalue weighted by Crippen LogP contribution is 2.26. The Morgan fingerprint density at radius 1 is 1.35 bits per heavy atom. The molecule has 2 saturated heterocycles. The highest BCUT2D eigenvalue weighted by atomic mass is 35.5. The van der Waals surface area contributed by atoms with Crippen LogP contribution in [0.2, 0.25) is 0 Å². The van der Waals surface area contributed by atoms with Crippen LogP contribution < -0.4 is 5.32 Å². The van der Waals surface area contributed by atoms with Gasteiger partial charge in [-0.1, -0.05) is 6.07 Å². The van der Waals surface area contributed by atoms with E-state index in [0.717, 1.165) is 43.8 Å². The van der Waals surface area contributed by atoms with Gasteiger partial charge in [0.25, 0.3) is 5.91 Å². The number of thiophene rings is 1. The number of likely N-dealkylation sites (tertiary alicyclic amines) is 2. The van der Waals surface area contributed by atoms with Crippen LogP contribution >= 0.6 is 23.7 Å². The Morgan fingerprint density at radius 2 is 2.17 bits per heavy atom. The second-order valence-electron chi connectivity index (χ2n) is 6.13. The van der Waals surface area contributed by atoms with Gasteiger partial charge in [-0.2, -0.15) is 0 Å². The molecular formula is C16H24ClN3O2S. The minimum absolute atomic E-state index is 0. The Kier molecular flexibility index (Phi) is 6.44. The maximum absolute atomic E-state index is 12.8. The largest absolute Gasteiger partial charge is 0.341 e. The Hall–Kier alpha value is -1.11. The zero-order valence-corrected chi connectivity index (χ0v) is 15.0. The molecule has 7 heteroatoms. The van der Waals surface area contributed by atoms with E-state index in [1.54, 1.807) is 4.90 Å². The number of nitrogens with zero attached hydrogens (tertiary/aromatic N) is 2. The van der Waals surface area contributed by atoms with Gasteiger partial charge in [0, 0.05) is 19.6 Å². The first-order valence-electron chi connectivity index (χ1n) is 7.98. The van der Waals surface area contributed by atoms with Crippen molar-refractivity contribution in [1.29, 1.82) is 0 Å². The number of carbonyl (C=O) groups is 2. The summed E-state index contributed by atoms with van der Waals surface area (Å²) in [5.41, 5.74) is 0. The van der Waals surface area contributed by atoms with E-state index >= 15 is 0 Å². The van der Waals surface area contributed by atoms with Gasteiger partial charge in [0.15, 0.2) is 0 Å². The number of hydrogen-bond acceptors (Lipinski definition) is 4. The Morgan fingerprint density at radius 3 is 2.87 bits per heavy atom. The standard InChI is InChI=1S/C16H23N3O2S.ClH/c1-17-10-12-6-8-18(11-12)15(20)13-4-2-7-19(13)16(21)14-5-3-9-22-14;/h3,5,9,12-13,17H,2,4,6-8,10-11H2,1H3;1H. The van der Waals surface area contributed by atoms with Crippen molar-refractivity contribution in [2.24, 2.45) is 5.92 Å². The number of halogens is 1. The first-order valence-corrected chi connectivity index (χ1v) is 8.86. The normalized spacial score (nSPS) is 23.9. The average molecular weight is 358 g/mol. The van der Waals surface area contributed by atoms with Crippen molar-refractivity contribution in [3.8, 4) is 0 Å². The van der Waals surface area contributed by atoms with Gasteiger partial charge in [0.2, 0.25) is 5.91 Å². The topological polar surface area (TPSA) is 52.7 Å². The van der Waals surface area contributed by atoms with Crippen molar-refractivity contribution < 1.29 is 9.59 Å². The lowest BCUT2D eigenvalue weighted by Crippen LogP contribution is -2.47. The summed E-state index contributed by atoms with van der Waals surface area (Å²) in [5.74, 6) is 0.689. The number of carbonyl (C=O) groups excluding carboxylic acids is 2. The van der Waals surface area contributed by atoms with E-state index in [1.807, 2.05) is 29.5 Å². The predicted octanol–water partition coefficient (Wildman–Crippen LogP) is 1.84. The van der Waals surface area contributed by atoms with Gasteiger partial charge >= 0.3 is 0 Å². The van der Waals surface area contributed by atoms with Gasteiger partial charge in [-0.3, -0.25) is 9.59 Å². The van der Waals surface area contributed by atoms with Gasteiger partial charge in [-0.05, 0) is 50.2 Å². The van der Waals surface area contributed by atoms with Crippen LogP contribution in [0, 0.1) is 5.92 Å². The zero-order chi connectivity index (χ0) is 15.5. The molecule has 2 amide bonds. The summed E-state index contributed by atoms with van der Waals surface area (Å²) in [5, 5.41) is 5.09. The molecule has 0 saturated carbocycles. The van der Waals surface area contributed by atoms with Gasteiger partial charge in [0.1, 0.15) is 6.04 Å². The van der Waals surface area contributed by atoms with Crippen molar-refractivity contribution in [3.05, 3.63) is 22.4 Å². The van der Waals surface area contributed by atoms with Crippen LogP contribution in [0.1, 0.15) is 28.9 Å². The SMILES string of the molecule is CNCC1CCN(C(=O)C2CCCN2C(=O)c2cccs2)C1.Cl. The fraction of sp³-hybridized carbons (Fsp3) is 0.625. The fourth-order valence-corrected chi connectivity index (χ4v) is 4.19. The molecule has 1 N–H and O–H groups in total. The molecule has 1 aromatic heterocycles.